The van der Waals surface area contributed by atoms with Crippen LogP contribution in [-0.4, -0.2) is 0 Å². The van der Waals surface area contributed by atoms with Crippen LogP contribution >= 0.6 is 15.6 Å². The van der Waals surface area contributed by atoms with Crippen molar-refractivity contribution in [1.29, 1.82) is 0 Å². The molecule has 0 unspecified atom stereocenters. The molecule has 19 heteroatoms. The van der Waals surface area contributed by atoms with Crippen molar-refractivity contribution >= 4 is 26.5 Å². The normalized spacial score (nSPS) is 16.5. The average molecular weight is 668 g/mol. The van der Waals surface area contributed by atoms with E-state index in [0.717, 1.165) is 58.6 Å². The van der Waals surface area contributed by atoms with Crippen LogP contribution in [0.1, 0.15) is 5.56 Å². The summed E-state index contributed by atoms with van der Waals surface area (Å²) in [5.41, 5.74) is 4.35. The molecule has 5 rings (SSSR count). The number of benzene rings is 2. The Labute approximate surface area is 226 Å². The summed E-state index contributed by atoms with van der Waals surface area (Å²) < 4.78 is 162. The van der Waals surface area contributed by atoms with Crippen LogP contribution in [0.5, 0.6) is 0 Å². The molecule has 0 N–H and O–H groups in total. The average Bonchev–Trinajstić information content (AvgIpc) is 2.79. The van der Waals surface area contributed by atoms with Crippen LogP contribution in [0.15, 0.2) is 79.0 Å². The van der Waals surface area contributed by atoms with E-state index in [4.69, 9.17) is 0 Å². The van der Waals surface area contributed by atoms with Crippen LogP contribution in [0.25, 0.3) is 33.4 Å². The third-order valence-electron chi connectivity index (χ3n) is 5.35. The Morgan fingerprint density at radius 1 is 0.571 bits per heavy atom. The second kappa shape index (κ2) is 9.15. The summed E-state index contributed by atoms with van der Waals surface area (Å²) in [6.45, 7) is 1.74. The molecule has 0 amide bonds. The zero-order chi connectivity index (χ0) is 32.1. The summed E-state index contributed by atoms with van der Waals surface area (Å²) in [5.74, 6) is 0. The van der Waals surface area contributed by atoms with E-state index in [1.165, 1.54) is 0 Å². The van der Waals surface area contributed by atoms with Gasteiger partial charge in [-0.25, -0.2) is 0 Å². The molecule has 3 heterocycles. The quantitative estimate of drug-likeness (QED) is 0.108. The first-order valence-corrected chi connectivity index (χ1v) is 15.2. The van der Waals surface area contributed by atoms with Gasteiger partial charge in [0.25, 0.3) is 11.4 Å². The number of pyridine rings is 2. The zero-order valence-electron chi connectivity index (χ0n) is 20.4. The van der Waals surface area contributed by atoms with Gasteiger partial charge in [0, 0.05) is 29.8 Å². The Balaban J connectivity index is 0.000000289. The second-order valence-electron chi connectivity index (χ2n) is 8.88. The summed E-state index contributed by atoms with van der Waals surface area (Å²) in [4.78, 5) is 0. The van der Waals surface area contributed by atoms with Crippen molar-refractivity contribution in [1.82, 2.24) is 0 Å². The van der Waals surface area contributed by atoms with E-state index in [1.807, 2.05) is 30.3 Å². The van der Waals surface area contributed by atoms with Gasteiger partial charge in [-0.2, -0.15) is 22.3 Å². The van der Waals surface area contributed by atoms with Crippen LogP contribution in [0, 0.1) is 0 Å². The van der Waals surface area contributed by atoms with Gasteiger partial charge in [0.15, 0.2) is 6.20 Å². The van der Waals surface area contributed by atoms with Crippen molar-refractivity contribution in [3.05, 3.63) is 84.6 Å². The van der Waals surface area contributed by atoms with Crippen molar-refractivity contribution in [3.8, 4) is 22.5 Å². The number of aromatic nitrogens is 2. The van der Waals surface area contributed by atoms with E-state index in [9.17, 15) is 63.5 Å². The predicted molar refractivity (Wildman–Crippen MR) is 127 cm³/mol. The number of rotatable bonds is 1. The predicted octanol–water partition coefficient (Wildman–Crippen LogP) is 11.5. The third-order valence-corrected chi connectivity index (χ3v) is 5.35. The fraction of sp³-hybridized carbons (Fsp3) is 0.130. The molecule has 0 saturated heterocycles. The number of halogens is 15. The number of nitrogens with zero attached hydrogens (tertiary/aromatic N) is 2. The number of fused-ring (bicyclic) bond motifs is 5. The summed E-state index contributed by atoms with van der Waals surface area (Å²) in [6, 6.07) is 21.7. The summed E-state index contributed by atoms with van der Waals surface area (Å²) in [7, 11) is -21.3. The first kappa shape index (κ1) is 33.3. The molecule has 2 aromatic carbocycles. The Morgan fingerprint density at radius 2 is 1.07 bits per heavy atom. The van der Waals surface area contributed by atoms with Gasteiger partial charge >= 0.3 is 72.2 Å². The standard InChI is InChI=1S/C23H17F3N2.2F6P/c24-23(25,26)17-10-8-16(9-11-17)19-15-22-21-7-3-4-12-27(21)13-14-28(22)20-6-2-1-5-18(19)20;2*1-7(2,3,4,5)6/h1-12,15H,13-14H2;;/q+2;2*-1. The molecule has 0 bridgehead atoms. The van der Waals surface area contributed by atoms with Crippen LogP contribution in [0.2, 0.25) is 0 Å². The van der Waals surface area contributed by atoms with Gasteiger partial charge in [-0.1, -0.05) is 24.3 Å². The summed E-state index contributed by atoms with van der Waals surface area (Å²) in [5, 5.41) is 1.04. The van der Waals surface area contributed by atoms with Crippen LogP contribution in [0.4, 0.5) is 63.5 Å². The van der Waals surface area contributed by atoms with E-state index in [-0.39, 0.29) is 0 Å². The van der Waals surface area contributed by atoms with Gasteiger partial charge in [0.1, 0.15) is 0 Å². The molecule has 0 aliphatic carbocycles. The van der Waals surface area contributed by atoms with Crippen molar-refractivity contribution in [2.45, 2.75) is 19.3 Å². The van der Waals surface area contributed by atoms with Gasteiger partial charge in [0.2, 0.25) is 18.6 Å². The minimum absolute atomic E-state index is 0.631. The van der Waals surface area contributed by atoms with E-state index in [2.05, 4.69) is 33.5 Å². The van der Waals surface area contributed by atoms with Gasteiger partial charge in [0.05, 0.1) is 10.9 Å². The summed E-state index contributed by atoms with van der Waals surface area (Å²) in [6.07, 6.45) is -2.27. The van der Waals surface area contributed by atoms with Crippen LogP contribution in [-0.2, 0) is 19.3 Å². The van der Waals surface area contributed by atoms with E-state index in [0.29, 0.717) is 0 Å². The van der Waals surface area contributed by atoms with Crippen LogP contribution < -0.4 is 9.13 Å². The number of alkyl halides is 3. The topological polar surface area (TPSA) is 7.76 Å². The fourth-order valence-corrected chi connectivity index (χ4v) is 4.00. The van der Waals surface area contributed by atoms with Crippen molar-refractivity contribution < 1.29 is 72.7 Å². The molecule has 2 nitrogen and oxygen atoms in total. The molecular formula is C23H17F15N2P2. The van der Waals surface area contributed by atoms with E-state index >= 15 is 0 Å². The first-order chi connectivity index (χ1) is 18.4. The molecule has 2 aromatic heterocycles. The number of para-hydroxylation sites is 1. The Hall–Kier alpha value is -3.19. The molecule has 1 aliphatic rings. The number of hydrogen-bond acceptors (Lipinski definition) is 0. The molecule has 4 aromatic rings. The van der Waals surface area contributed by atoms with Gasteiger partial charge in [-0.15, -0.1) is 0 Å². The van der Waals surface area contributed by atoms with E-state index < -0.39 is 27.4 Å². The maximum absolute atomic E-state index is 13.0. The van der Waals surface area contributed by atoms with Gasteiger partial charge in [-0.3, -0.25) is 0 Å². The first-order valence-electron chi connectivity index (χ1n) is 11.2. The molecule has 0 spiro atoms. The SMILES string of the molecule is FC(F)(F)c1ccc(-c2cc3[n+](c4ccccc24)CC[n+]2ccccc2-3)cc1.F[P-](F)(F)(F)(F)F.F[P-](F)(F)(F)(F)F. The van der Waals surface area contributed by atoms with Gasteiger partial charge in [-0.05, 0) is 29.8 Å². The van der Waals surface area contributed by atoms with Gasteiger partial charge < -0.3 is 0 Å². The van der Waals surface area contributed by atoms with Crippen LogP contribution in [0.3, 0.4) is 0 Å². The van der Waals surface area contributed by atoms with Crippen molar-refractivity contribution in [2.24, 2.45) is 0 Å². The molecule has 234 valence electrons. The molecule has 0 radical (unpaired) electrons. The fourth-order valence-electron chi connectivity index (χ4n) is 4.00. The van der Waals surface area contributed by atoms with Crippen molar-refractivity contribution in [3.63, 3.8) is 0 Å². The molecule has 42 heavy (non-hydrogen) atoms. The monoisotopic (exact) mass is 668 g/mol. The van der Waals surface area contributed by atoms with Crippen molar-refractivity contribution in [2.75, 3.05) is 0 Å². The maximum atomic E-state index is 13.0. The Morgan fingerprint density at radius 3 is 1.60 bits per heavy atom. The number of aryl methyl sites for hydroxylation is 2. The molecule has 1 aliphatic heterocycles. The van der Waals surface area contributed by atoms with E-state index in [1.54, 1.807) is 12.1 Å². The molecular weight excluding hydrogens is 651 g/mol. The Kier molecular flexibility index (Phi) is 7.26. The summed E-state index contributed by atoms with van der Waals surface area (Å²) >= 11 is 0. The number of hydrogen-bond donors (Lipinski definition) is 0. The second-order valence-corrected chi connectivity index (χ2v) is 12.7. The molecule has 0 atom stereocenters. The minimum atomic E-state index is -10.7. The Bertz CT molecular complexity index is 1580. The zero-order valence-corrected chi connectivity index (χ0v) is 22.2. The molecule has 0 saturated carbocycles. The molecule has 0 fully saturated rings. The third kappa shape index (κ3) is 11.6.